The van der Waals surface area contributed by atoms with Crippen molar-refractivity contribution >= 4 is 9.84 Å². The Bertz CT molecular complexity index is 240. The summed E-state index contributed by atoms with van der Waals surface area (Å²) in [6.07, 6.45) is 3.82. The first-order valence-corrected chi connectivity index (χ1v) is 5.43. The monoisotopic (exact) mass is 176 g/mol. The molecule has 1 fully saturated rings. The lowest BCUT2D eigenvalue weighted by atomic mass is 10.3. The highest BCUT2D eigenvalue weighted by molar-refractivity contribution is 7.91. The second-order valence-corrected chi connectivity index (χ2v) is 4.86. The van der Waals surface area contributed by atoms with Gasteiger partial charge in [-0.25, -0.2) is 8.42 Å². The summed E-state index contributed by atoms with van der Waals surface area (Å²) in [4.78, 5) is 0. The van der Waals surface area contributed by atoms with Gasteiger partial charge >= 0.3 is 0 Å². The maximum atomic E-state index is 10.9. The minimum absolute atomic E-state index is 0.115. The summed E-state index contributed by atoms with van der Waals surface area (Å²) in [5.41, 5.74) is 0. The van der Waals surface area contributed by atoms with Gasteiger partial charge in [0.05, 0.1) is 17.8 Å². The maximum Gasteiger partial charge on any atom is 0.154 e. The predicted octanol–water partition coefficient (Wildman–Crippen LogP) is 0.724. The number of ether oxygens (including phenoxy) is 1. The smallest absolute Gasteiger partial charge is 0.154 e. The van der Waals surface area contributed by atoms with E-state index in [0.717, 1.165) is 0 Å². The van der Waals surface area contributed by atoms with Crippen molar-refractivity contribution in [3.05, 3.63) is 12.3 Å². The van der Waals surface area contributed by atoms with Gasteiger partial charge in [0.25, 0.3) is 0 Å². The van der Waals surface area contributed by atoms with Crippen molar-refractivity contribution in [3.8, 4) is 0 Å². The van der Waals surface area contributed by atoms with Gasteiger partial charge in [0.1, 0.15) is 6.10 Å². The van der Waals surface area contributed by atoms with E-state index in [2.05, 4.69) is 0 Å². The minimum Gasteiger partial charge on any atom is -0.497 e. The van der Waals surface area contributed by atoms with E-state index < -0.39 is 9.84 Å². The van der Waals surface area contributed by atoms with Gasteiger partial charge in [-0.15, -0.1) is 0 Å². The summed E-state index contributed by atoms with van der Waals surface area (Å²) < 4.78 is 26.9. The fourth-order valence-electron chi connectivity index (χ4n) is 1.06. The molecular formula is C7H12O3S. The fourth-order valence-corrected chi connectivity index (χ4v) is 2.66. The van der Waals surface area contributed by atoms with Gasteiger partial charge in [-0.3, -0.25) is 0 Å². The number of allylic oxidation sites excluding steroid dienone is 1. The van der Waals surface area contributed by atoms with Gasteiger partial charge < -0.3 is 4.74 Å². The molecule has 0 aromatic heterocycles. The Morgan fingerprint density at radius 2 is 2.27 bits per heavy atom. The third-order valence-corrected chi connectivity index (χ3v) is 3.34. The van der Waals surface area contributed by atoms with Crippen molar-refractivity contribution in [1.82, 2.24) is 0 Å². The molecule has 0 spiro atoms. The van der Waals surface area contributed by atoms with E-state index in [9.17, 15) is 8.42 Å². The molecule has 11 heavy (non-hydrogen) atoms. The molecule has 64 valence electrons. The normalized spacial score (nSPS) is 29.4. The van der Waals surface area contributed by atoms with E-state index in [1.54, 1.807) is 12.3 Å². The van der Waals surface area contributed by atoms with E-state index in [1.165, 1.54) is 0 Å². The molecular weight excluding hydrogens is 164 g/mol. The van der Waals surface area contributed by atoms with Gasteiger partial charge in [-0.1, -0.05) is 6.08 Å². The van der Waals surface area contributed by atoms with E-state index in [0.29, 0.717) is 6.42 Å². The van der Waals surface area contributed by atoms with Crippen LogP contribution < -0.4 is 0 Å². The summed E-state index contributed by atoms with van der Waals surface area (Å²) in [7, 11) is -2.78. The van der Waals surface area contributed by atoms with Crippen molar-refractivity contribution in [2.45, 2.75) is 19.4 Å². The lowest BCUT2D eigenvalue weighted by Gasteiger charge is -2.05. The van der Waals surface area contributed by atoms with E-state index in [-0.39, 0.29) is 17.6 Å². The molecule has 0 aromatic carbocycles. The molecule has 1 aliphatic rings. The van der Waals surface area contributed by atoms with Crippen LogP contribution >= 0.6 is 0 Å². The lowest BCUT2D eigenvalue weighted by molar-refractivity contribution is 0.167. The van der Waals surface area contributed by atoms with Gasteiger partial charge in [0, 0.05) is 0 Å². The van der Waals surface area contributed by atoms with Gasteiger partial charge in [-0.2, -0.15) is 0 Å². The van der Waals surface area contributed by atoms with Crippen LogP contribution in [0.1, 0.15) is 13.3 Å². The first-order chi connectivity index (χ1) is 5.14. The highest BCUT2D eigenvalue weighted by atomic mass is 32.2. The fraction of sp³-hybridized carbons (Fsp3) is 0.714. The van der Waals surface area contributed by atoms with Crippen molar-refractivity contribution in [1.29, 1.82) is 0 Å². The van der Waals surface area contributed by atoms with Crippen LogP contribution in [-0.4, -0.2) is 26.0 Å². The molecule has 3 nitrogen and oxygen atoms in total. The summed E-state index contributed by atoms with van der Waals surface area (Å²) in [5.74, 6) is 0.451. The highest BCUT2D eigenvalue weighted by Gasteiger charge is 2.28. The van der Waals surface area contributed by atoms with Crippen LogP contribution in [-0.2, 0) is 14.6 Å². The Kier molecular flexibility index (Phi) is 2.54. The van der Waals surface area contributed by atoms with E-state index in [1.807, 2.05) is 6.92 Å². The third-order valence-electron chi connectivity index (χ3n) is 1.60. The van der Waals surface area contributed by atoms with Crippen LogP contribution in [0.25, 0.3) is 0 Å². The molecule has 0 amide bonds. The van der Waals surface area contributed by atoms with Crippen LogP contribution in [0.2, 0.25) is 0 Å². The SMILES string of the molecule is CC=COC1CCS(=O)(=O)C1. The zero-order valence-corrected chi connectivity index (χ0v) is 7.30. The van der Waals surface area contributed by atoms with Crippen molar-refractivity contribution in [2.24, 2.45) is 0 Å². The summed E-state index contributed by atoms with van der Waals surface area (Å²) in [6, 6.07) is 0. The first kappa shape index (κ1) is 8.59. The zero-order valence-electron chi connectivity index (χ0n) is 6.49. The van der Waals surface area contributed by atoms with Crippen LogP contribution in [0.4, 0.5) is 0 Å². The third kappa shape index (κ3) is 2.54. The first-order valence-electron chi connectivity index (χ1n) is 3.61. The molecule has 0 N–H and O–H groups in total. The lowest BCUT2D eigenvalue weighted by Crippen LogP contribution is -2.11. The topological polar surface area (TPSA) is 43.4 Å². The van der Waals surface area contributed by atoms with Crippen molar-refractivity contribution < 1.29 is 13.2 Å². The minimum atomic E-state index is -2.78. The molecule has 0 aromatic rings. The van der Waals surface area contributed by atoms with Gasteiger partial charge in [-0.05, 0) is 13.3 Å². The van der Waals surface area contributed by atoms with Crippen LogP contribution in [0.3, 0.4) is 0 Å². The largest absolute Gasteiger partial charge is 0.497 e. The average Bonchev–Trinajstić information content (AvgIpc) is 2.26. The van der Waals surface area contributed by atoms with Gasteiger partial charge in [0.2, 0.25) is 0 Å². The summed E-state index contributed by atoms with van der Waals surface area (Å²) >= 11 is 0. The predicted molar refractivity (Wildman–Crippen MR) is 43.0 cm³/mol. The molecule has 0 saturated carbocycles. The molecule has 0 radical (unpaired) electrons. The average molecular weight is 176 g/mol. The van der Waals surface area contributed by atoms with Crippen molar-refractivity contribution in [2.75, 3.05) is 11.5 Å². The quantitative estimate of drug-likeness (QED) is 0.582. The van der Waals surface area contributed by atoms with Crippen molar-refractivity contribution in [3.63, 3.8) is 0 Å². The summed E-state index contributed by atoms with van der Waals surface area (Å²) in [5, 5.41) is 0. The van der Waals surface area contributed by atoms with E-state index >= 15 is 0 Å². The molecule has 1 heterocycles. The Labute approximate surface area is 67.0 Å². The molecule has 1 unspecified atom stereocenters. The number of rotatable bonds is 2. The maximum absolute atomic E-state index is 10.9. The van der Waals surface area contributed by atoms with Crippen LogP contribution in [0.15, 0.2) is 12.3 Å². The number of hydrogen-bond donors (Lipinski definition) is 0. The molecule has 1 saturated heterocycles. The molecule has 0 bridgehead atoms. The van der Waals surface area contributed by atoms with E-state index in [4.69, 9.17) is 4.74 Å². The Morgan fingerprint density at radius 3 is 2.73 bits per heavy atom. The van der Waals surface area contributed by atoms with Crippen LogP contribution in [0, 0.1) is 0 Å². The summed E-state index contributed by atoms with van der Waals surface area (Å²) in [6.45, 7) is 1.84. The zero-order chi connectivity index (χ0) is 8.32. The van der Waals surface area contributed by atoms with Crippen LogP contribution in [0.5, 0.6) is 0 Å². The second-order valence-electron chi connectivity index (χ2n) is 2.63. The molecule has 4 heteroatoms. The Morgan fingerprint density at radius 1 is 1.55 bits per heavy atom. The Hall–Kier alpha value is -0.510. The molecule has 0 aliphatic carbocycles. The number of hydrogen-bond acceptors (Lipinski definition) is 3. The second kappa shape index (κ2) is 3.26. The molecule has 1 atom stereocenters. The van der Waals surface area contributed by atoms with Gasteiger partial charge in [0.15, 0.2) is 9.84 Å². The molecule has 1 rings (SSSR count). The highest BCUT2D eigenvalue weighted by Crippen LogP contribution is 2.14. The number of sulfone groups is 1. The Balaban J connectivity index is 2.43. The molecule has 1 aliphatic heterocycles. The standard InChI is InChI=1S/C7H12O3S/c1-2-4-10-7-3-5-11(8,9)6-7/h2,4,7H,3,5-6H2,1H3.